The van der Waals surface area contributed by atoms with Gasteiger partial charge in [-0.3, -0.25) is 5.32 Å². The van der Waals surface area contributed by atoms with Gasteiger partial charge in [0, 0.05) is 36.4 Å². The Morgan fingerprint density at radius 2 is 1.78 bits per heavy atom. The molecular weight excluding hydrogens is 368 g/mol. The predicted molar refractivity (Wildman–Crippen MR) is 99.5 cm³/mol. The third-order valence-corrected chi connectivity index (χ3v) is 5.06. The van der Waals surface area contributed by atoms with Crippen LogP contribution in [0.5, 0.6) is 0 Å². The van der Waals surface area contributed by atoms with Gasteiger partial charge in [-0.1, -0.05) is 12.1 Å². The number of nitrogens with zero attached hydrogens (tertiary/aromatic N) is 4. The molecule has 0 aliphatic carbocycles. The number of aryl methyl sites for hydroxylation is 3. The molecule has 0 bridgehead atoms. The minimum Gasteiger partial charge on any atom is -0.334 e. The predicted octanol–water partition coefficient (Wildman–Crippen LogP) is 2.00. The van der Waals surface area contributed by atoms with Crippen LogP contribution < -0.4 is 10.0 Å². The number of benzene rings is 1. The molecule has 0 aliphatic heterocycles. The van der Waals surface area contributed by atoms with Gasteiger partial charge < -0.3 is 4.57 Å². The fraction of sp³-hybridized carbons (Fsp3) is 0.176. The number of rotatable bonds is 4. The highest BCUT2D eigenvalue weighted by atomic mass is 32.2. The molecule has 0 atom stereocenters. The number of amides is 2. The molecule has 2 heterocycles. The van der Waals surface area contributed by atoms with E-state index in [9.17, 15) is 13.2 Å². The van der Waals surface area contributed by atoms with E-state index in [1.165, 1.54) is 6.07 Å². The number of sulfonamides is 1. The summed E-state index contributed by atoms with van der Waals surface area (Å²) in [7, 11) is -2.39. The van der Waals surface area contributed by atoms with Crippen molar-refractivity contribution in [2.24, 2.45) is 7.05 Å². The van der Waals surface area contributed by atoms with Gasteiger partial charge in [0.05, 0.1) is 4.90 Å². The summed E-state index contributed by atoms with van der Waals surface area (Å²) in [4.78, 5) is 24.4. The summed E-state index contributed by atoms with van der Waals surface area (Å²) in [5.41, 5.74) is 1.69. The highest BCUT2D eigenvalue weighted by molar-refractivity contribution is 7.90. The highest BCUT2D eigenvalue weighted by Crippen LogP contribution is 2.25. The third-order valence-electron chi connectivity index (χ3n) is 3.67. The van der Waals surface area contributed by atoms with E-state index in [1.54, 1.807) is 62.1 Å². The van der Waals surface area contributed by atoms with Crippen molar-refractivity contribution in [3.63, 3.8) is 0 Å². The molecule has 9 nitrogen and oxygen atoms in total. The monoisotopic (exact) mass is 386 g/mol. The topological polar surface area (TPSA) is 119 Å². The molecule has 3 rings (SSSR count). The van der Waals surface area contributed by atoms with Gasteiger partial charge in [-0.2, -0.15) is 0 Å². The van der Waals surface area contributed by atoms with Crippen LogP contribution in [0.3, 0.4) is 0 Å². The molecule has 140 valence electrons. The maximum Gasteiger partial charge on any atom is 0.335 e. The zero-order valence-corrected chi connectivity index (χ0v) is 15.8. The van der Waals surface area contributed by atoms with Crippen LogP contribution in [0.1, 0.15) is 11.4 Å². The molecule has 0 radical (unpaired) electrons. The molecule has 1 aromatic carbocycles. The first-order chi connectivity index (χ1) is 12.8. The van der Waals surface area contributed by atoms with Gasteiger partial charge in [0.1, 0.15) is 5.82 Å². The van der Waals surface area contributed by atoms with Crippen LogP contribution in [0.2, 0.25) is 0 Å². The molecule has 27 heavy (non-hydrogen) atoms. The van der Waals surface area contributed by atoms with E-state index in [1.807, 2.05) is 4.72 Å². The molecule has 2 amide bonds. The lowest BCUT2D eigenvalue weighted by atomic mass is 10.2. The van der Waals surface area contributed by atoms with Crippen LogP contribution in [-0.2, 0) is 17.1 Å². The number of anilines is 1. The van der Waals surface area contributed by atoms with Gasteiger partial charge in [0.25, 0.3) is 10.0 Å². The maximum absolute atomic E-state index is 12.7. The lowest BCUT2D eigenvalue weighted by molar-refractivity contribution is 0.256. The zero-order chi connectivity index (χ0) is 19.6. The van der Waals surface area contributed by atoms with Crippen LogP contribution >= 0.6 is 0 Å². The van der Waals surface area contributed by atoms with E-state index in [-0.39, 0.29) is 10.8 Å². The summed E-state index contributed by atoms with van der Waals surface area (Å²) in [6.45, 7) is 3.50. The molecular formula is C17H18N6O3S. The number of carbonyl (C=O) groups is 1. The lowest BCUT2D eigenvalue weighted by Gasteiger charge is -2.12. The smallest absolute Gasteiger partial charge is 0.334 e. The Morgan fingerprint density at radius 3 is 2.41 bits per heavy atom. The van der Waals surface area contributed by atoms with Gasteiger partial charge in [-0.25, -0.2) is 32.9 Å². The van der Waals surface area contributed by atoms with Gasteiger partial charge >= 0.3 is 6.03 Å². The molecule has 0 fully saturated rings. The summed E-state index contributed by atoms with van der Waals surface area (Å²) in [5, 5.41) is 2.34. The Kier molecular flexibility index (Phi) is 4.91. The number of aromatic nitrogens is 4. The minimum atomic E-state index is -4.14. The van der Waals surface area contributed by atoms with Crippen molar-refractivity contribution in [2.75, 3.05) is 5.32 Å². The zero-order valence-electron chi connectivity index (χ0n) is 15.0. The summed E-state index contributed by atoms with van der Waals surface area (Å²) >= 11 is 0. The van der Waals surface area contributed by atoms with E-state index >= 15 is 0 Å². The first kappa shape index (κ1) is 18.5. The summed E-state index contributed by atoms with van der Waals surface area (Å²) < 4.78 is 29.2. The fourth-order valence-corrected chi connectivity index (χ4v) is 3.71. The van der Waals surface area contributed by atoms with Gasteiger partial charge in [-0.05, 0) is 32.0 Å². The van der Waals surface area contributed by atoms with Gasteiger partial charge in [-0.15, -0.1) is 0 Å². The quantitative estimate of drug-likeness (QED) is 0.708. The van der Waals surface area contributed by atoms with E-state index in [4.69, 9.17) is 0 Å². The Morgan fingerprint density at radius 1 is 1.11 bits per heavy atom. The summed E-state index contributed by atoms with van der Waals surface area (Å²) in [6.07, 6.45) is 3.27. The Bertz CT molecular complexity index is 1090. The SMILES string of the molecule is Cc1cc(C)nc(NC(=O)NS(=O)(=O)c2ccccc2-c2nccn2C)n1. The van der Waals surface area contributed by atoms with Crippen LogP contribution in [0.4, 0.5) is 10.7 Å². The molecule has 0 aliphatic rings. The Labute approximate surface area is 156 Å². The van der Waals surface area contributed by atoms with Gasteiger partial charge in [0.15, 0.2) is 0 Å². The average Bonchev–Trinajstić information content (AvgIpc) is 2.99. The molecule has 2 aromatic heterocycles. The normalized spacial score (nSPS) is 11.2. The highest BCUT2D eigenvalue weighted by Gasteiger charge is 2.23. The van der Waals surface area contributed by atoms with Crippen molar-refractivity contribution in [2.45, 2.75) is 18.7 Å². The van der Waals surface area contributed by atoms with Gasteiger partial charge in [0.2, 0.25) is 5.95 Å². The van der Waals surface area contributed by atoms with Crippen LogP contribution in [-0.4, -0.2) is 34.0 Å². The number of hydrogen-bond donors (Lipinski definition) is 2. The molecule has 0 saturated heterocycles. The van der Waals surface area contributed by atoms with Crippen LogP contribution in [0.25, 0.3) is 11.4 Å². The van der Waals surface area contributed by atoms with E-state index in [0.717, 1.165) is 0 Å². The molecule has 0 unspecified atom stereocenters. The molecule has 2 N–H and O–H groups in total. The molecule has 0 saturated carbocycles. The molecule has 10 heteroatoms. The van der Waals surface area contributed by atoms with E-state index in [2.05, 4.69) is 20.3 Å². The standard InChI is InChI=1S/C17H18N6O3S/c1-11-10-12(2)20-16(19-11)21-17(24)22-27(25,26)14-7-5-4-6-13(14)15-18-8-9-23(15)3/h4-10H,1-3H3,(H2,19,20,21,22,24). The second-order valence-corrected chi connectivity index (χ2v) is 7.54. The fourth-order valence-electron chi connectivity index (χ4n) is 2.60. The van der Waals surface area contributed by atoms with Crippen molar-refractivity contribution < 1.29 is 13.2 Å². The molecule has 0 spiro atoms. The van der Waals surface area contributed by atoms with Crippen molar-refractivity contribution >= 4 is 22.0 Å². The summed E-state index contributed by atoms with van der Waals surface area (Å²) in [5.74, 6) is 0.492. The van der Waals surface area contributed by atoms with Crippen molar-refractivity contribution in [1.82, 2.24) is 24.2 Å². The van der Waals surface area contributed by atoms with Crippen LogP contribution in [0, 0.1) is 13.8 Å². The number of imidazole rings is 1. The minimum absolute atomic E-state index is 0.0255. The first-order valence-electron chi connectivity index (χ1n) is 7.99. The first-order valence-corrected chi connectivity index (χ1v) is 9.47. The Balaban J connectivity index is 1.87. The van der Waals surface area contributed by atoms with Crippen molar-refractivity contribution in [3.05, 3.63) is 54.1 Å². The number of nitrogens with one attached hydrogen (secondary N) is 2. The second kappa shape index (κ2) is 7.16. The van der Waals surface area contributed by atoms with Crippen molar-refractivity contribution in [1.29, 1.82) is 0 Å². The largest absolute Gasteiger partial charge is 0.335 e. The third kappa shape index (κ3) is 4.11. The number of urea groups is 1. The average molecular weight is 386 g/mol. The number of hydrogen-bond acceptors (Lipinski definition) is 6. The lowest BCUT2D eigenvalue weighted by Crippen LogP contribution is -2.35. The maximum atomic E-state index is 12.7. The van der Waals surface area contributed by atoms with E-state index in [0.29, 0.717) is 22.8 Å². The Hall–Kier alpha value is -3.27. The van der Waals surface area contributed by atoms with E-state index < -0.39 is 16.1 Å². The van der Waals surface area contributed by atoms with Crippen LogP contribution in [0.15, 0.2) is 47.6 Å². The van der Waals surface area contributed by atoms with Crippen molar-refractivity contribution in [3.8, 4) is 11.4 Å². The second-order valence-electron chi connectivity index (χ2n) is 5.89. The molecule has 3 aromatic rings. The number of carbonyl (C=O) groups excluding carboxylic acids is 1. The summed E-state index contributed by atoms with van der Waals surface area (Å²) in [6, 6.07) is 7.10.